The van der Waals surface area contributed by atoms with Crippen molar-refractivity contribution < 1.29 is 9.47 Å². The second-order valence-electron chi connectivity index (χ2n) is 5.45. The van der Waals surface area contributed by atoms with Gasteiger partial charge in [-0.05, 0) is 54.9 Å². The highest BCUT2D eigenvalue weighted by atomic mass is 32.1. The maximum absolute atomic E-state index is 5.36. The van der Waals surface area contributed by atoms with Gasteiger partial charge in [0.25, 0.3) is 0 Å². The summed E-state index contributed by atoms with van der Waals surface area (Å²) in [4.78, 5) is 0. The summed E-state index contributed by atoms with van der Waals surface area (Å²) in [7, 11) is 0. The fourth-order valence-electron chi connectivity index (χ4n) is 2.40. The van der Waals surface area contributed by atoms with Crippen molar-refractivity contribution in [2.24, 2.45) is 0 Å². The van der Waals surface area contributed by atoms with Gasteiger partial charge in [-0.2, -0.15) is 0 Å². The van der Waals surface area contributed by atoms with E-state index in [1.807, 2.05) is 18.2 Å². The molecule has 5 heteroatoms. The van der Waals surface area contributed by atoms with Gasteiger partial charge < -0.3 is 20.1 Å². The number of anilines is 2. The van der Waals surface area contributed by atoms with E-state index in [4.69, 9.17) is 21.7 Å². The first kappa shape index (κ1) is 15.6. The summed E-state index contributed by atoms with van der Waals surface area (Å²) >= 11 is 5.35. The number of nitrogens with one attached hydrogen (secondary N) is 2. The number of aryl methyl sites for hydroxylation is 1. The van der Waals surface area contributed by atoms with E-state index >= 15 is 0 Å². The van der Waals surface area contributed by atoms with Gasteiger partial charge >= 0.3 is 0 Å². The summed E-state index contributed by atoms with van der Waals surface area (Å²) in [5.74, 6) is 1.50. The Hall–Kier alpha value is -2.27. The van der Waals surface area contributed by atoms with E-state index in [9.17, 15) is 0 Å². The van der Waals surface area contributed by atoms with Gasteiger partial charge in [0.05, 0.1) is 0 Å². The van der Waals surface area contributed by atoms with Crippen molar-refractivity contribution in [1.82, 2.24) is 0 Å². The third kappa shape index (κ3) is 4.13. The molecule has 0 aliphatic carbocycles. The predicted molar refractivity (Wildman–Crippen MR) is 97.5 cm³/mol. The molecule has 0 aromatic heterocycles. The predicted octanol–water partition coefficient (Wildman–Crippen LogP) is 4.57. The molecule has 1 aliphatic heterocycles. The number of rotatable bonds is 5. The van der Waals surface area contributed by atoms with Crippen molar-refractivity contribution in [1.29, 1.82) is 0 Å². The molecule has 23 heavy (non-hydrogen) atoms. The highest BCUT2D eigenvalue weighted by molar-refractivity contribution is 7.80. The van der Waals surface area contributed by atoms with Gasteiger partial charge in [0, 0.05) is 17.4 Å². The Morgan fingerprint density at radius 2 is 1.70 bits per heavy atom. The number of hydrogen-bond donors (Lipinski definition) is 2. The zero-order valence-electron chi connectivity index (χ0n) is 13.1. The van der Waals surface area contributed by atoms with Crippen LogP contribution in [0.25, 0.3) is 0 Å². The molecule has 0 amide bonds. The minimum atomic E-state index is 0.270. The molecule has 3 rings (SSSR count). The molecule has 0 saturated heterocycles. The van der Waals surface area contributed by atoms with Crippen molar-refractivity contribution in [3.8, 4) is 11.5 Å². The number of hydrogen-bond acceptors (Lipinski definition) is 3. The summed E-state index contributed by atoms with van der Waals surface area (Å²) in [6, 6.07) is 14.1. The molecule has 4 nitrogen and oxygen atoms in total. The summed E-state index contributed by atoms with van der Waals surface area (Å²) < 4.78 is 10.7. The second kappa shape index (κ2) is 7.33. The average Bonchev–Trinajstić information content (AvgIpc) is 3.02. The molecule has 0 atom stereocenters. The van der Waals surface area contributed by atoms with Gasteiger partial charge in [-0.25, -0.2) is 0 Å². The molecular weight excluding hydrogens is 308 g/mol. The maximum atomic E-state index is 5.36. The van der Waals surface area contributed by atoms with E-state index in [-0.39, 0.29) is 6.79 Å². The number of ether oxygens (including phenoxy) is 2. The number of unbranched alkanes of at least 4 members (excludes halogenated alkanes) is 1. The van der Waals surface area contributed by atoms with Crippen molar-refractivity contribution in [3.63, 3.8) is 0 Å². The van der Waals surface area contributed by atoms with Gasteiger partial charge in [0.1, 0.15) is 0 Å². The van der Waals surface area contributed by atoms with E-state index in [0.29, 0.717) is 5.11 Å². The molecule has 0 bridgehead atoms. The highest BCUT2D eigenvalue weighted by Gasteiger charge is 2.13. The minimum absolute atomic E-state index is 0.270. The maximum Gasteiger partial charge on any atom is 0.231 e. The first-order valence-electron chi connectivity index (χ1n) is 7.81. The SMILES string of the molecule is CCCCc1ccc(NC(=S)Nc2ccc3c(c2)OCO3)cc1. The smallest absolute Gasteiger partial charge is 0.231 e. The number of thiocarbonyl (C=S) groups is 1. The molecule has 0 saturated carbocycles. The molecule has 0 radical (unpaired) electrons. The molecule has 0 spiro atoms. The van der Waals surface area contributed by atoms with Crippen molar-refractivity contribution >= 4 is 28.7 Å². The normalized spacial score (nSPS) is 12.0. The summed E-state index contributed by atoms with van der Waals surface area (Å²) in [6.45, 7) is 2.47. The summed E-state index contributed by atoms with van der Waals surface area (Å²) in [5.41, 5.74) is 3.20. The van der Waals surface area contributed by atoms with Crippen LogP contribution in [-0.2, 0) is 6.42 Å². The Bertz CT molecular complexity index is 686. The lowest BCUT2D eigenvalue weighted by Crippen LogP contribution is -2.18. The lowest BCUT2D eigenvalue weighted by Gasteiger charge is -2.11. The Balaban J connectivity index is 1.56. The molecule has 0 fully saturated rings. The van der Waals surface area contributed by atoms with E-state index in [0.717, 1.165) is 29.3 Å². The van der Waals surface area contributed by atoms with E-state index in [2.05, 4.69) is 41.8 Å². The summed E-state index contributed by atoms with van der Waals surface area (Å²) in [5, 5.41) is 6.89. The van der Waals surface area contributed by atoms with Crippen LogP contribution >= 0.6 is 12.2 Å². The lowest BCUT2D eigenvalue weighted by molar-refractivity contribution is 0.174. The van der Waals surface area contributed by atoms with Crippen LogP contribution in [0.4, 0.5) is 11.4 Å². The topological polar surface area (TPSA) is 42.5 Å². The van der Waals surface area contributed by atoms with E-state index < -0.39 is 0 Å². The van der Waals surface area contributed by atoms with Gasteiger partial charge in [0.15, 0.2) is 16.6 Å². The standard InChI is InChI=1S/C18H20N2O2S/c1-2-3-4-13-5-7-14(8-6-13)19-18(23)20-15-9-10-16-17(11-15)22-12-21-16/h5-11H,2-4,12H2,1H3,(H2,19,20,23). The van der Waals surface area contributed by atoms with Crippen LogP contribution in [0.15, 0.2) is 42.5 Å². The first-order valence-corrected chi connectivity index (χ1v) is 8.22. The molecule has 0 unspecified atom stereocenters. The molecule has 120 valence electrons. The van der Waals surface area contributed by atoms with Crippen LogP contribution in [0, 0.1) is 0 Å². The van der Waals surface area contributed by atoms with Crippen LogP contribution in [0.3, 0.4) is 0 Å². The molecule has 1 aliphatic rings. The third-order valence-corrected chi connectivity index (χ3v) is 3.87. The monoisotopic (exact) mass is 328 g/mol. The van der Waals surface area contributed by atoms with Gasteiger partial charge in [-0.15, -0.1) is 0 Å². The van der Waals surface area contributed by atoms with Crippen LogP contribution < -0.4 is 20.1 Å². The Kier molecular flexibility index (Phi) is 4.98. The highest BCUT2D eigenvalue weighted by Crippen LogP contribution is 2.34. The molecular formula is C18H20N2O2S. The van der Waals surface area contributed by atoms with Gasteiger partial charge in [-0.3, -0.25) is 0 Å². The quantitative estimate of drug-likeness (QED) is 0.787. The van der Waals surface area contributed by atoms with E-state index in [1.165, 1.54) is 18.4 Å². The number of benzene rings is 2. The first-order chi connectivity index (χ1) is 11.2. The Morgan fingerprint density at radius 3 is 2.48 bits per heavy atom. The molecule has 2 aromatic rings. The van der Waals surface area contributed by atoms with Crippen LogP contribution in [0.1, 0.15) is 25.3 Å². The van der Waals surface area contributed by atoms with Crippen molar-refractivity contribution in [2.75, 3.05) is 17.4 Å². The minimum Gasteiger partial charge on any atom is -0.454 e. The lowest BCUT2D eigenvalue weighted by atomic mass is 10.1. The largest absolute Gasteiger partial charge is 0.454 e. The average molecular weight is 328 g/mol. The summed E-state index contributed by atoms with van der Waals surface area (Å²) in [6.07, 6.45) is 3.55. The van der Waals surface area contributed by atoms with Crippen LogP contribution in [0.2, 0.25) is 0 Å². The second-order valence-corrected chi connectivity index (χ2v) is 5.86. The van der Waals surface area contributed by atoms with Gasteiger partial charge in [0.2, 0.25) is 6.79 Å². The fraction of sp³-hybridized carbons (Fsp3) is 0.278. The van der Waals surface area contributed by atoms with Crippen LogP contribution in [0.5, 0.6) is 11.5 Å². The van der Waals surface area contributed by atoms with Crippen molar-refractivity contribution in [3.05, 3.63) is 48.0 Å². The number of fused-ring (bicyclic) bond motifs is 1. The Labute approximate surface area is 141 Å². The zero-order chi connectivity index (χ0) is 16.1. The van der Waals surface area contributed by atoms with E-state index in [1.54, 1.807) is 0 Å². The fourth-order valence-corrected chi connectivity index (χ4v) is 2.64. The van der Waals surface area contributed by atoms with Gasteiger partial charge in [-0.1, -0.05) is 25.5 Å². The van der Waals surface area contributed by atoms with Crippen molar-refractivity contribution in [2.45, 2.75) is 26.2 Å². The molecule has 1 heterocycles. The third-order valence-electron chi connectivity index (χ3n) is 3.66. The zero-order valence-corrected chi connectivity index (χ0v) is 13.9. The molecule has 2 N–H and O–H groups in total. The molecule has 2 aromatic carbocycles. The Morgan fingerprint density at radius 1 is 1.00 bits per heavy atom. The van der Waals surface area contributed by atoms with Crippen LogP contribution in [-0.4, -0.2) is 11.9 Å².